The van der Waals surface area contributed by atoms with E-state index in [1.54, 1.807) is 0 Å². The lowest BCUT2D eigenvalue weighted by Gasteiger charge is -1.86. The molecule has 0 spiro atoms. The molecule has 0 rings (SSSR count). The van der Waals surface area contributed by atoms with Gasteiger partial charge in [-0.25, -0.2) is 4.79 Å². The van der Waals surface area contributed by atoms with Crippen LogP contribution in [0.1, 0.15) is 26.2 Å². The molecule has 0 aliphatic rings. The third-order valence-electron chi connectivity index (χ3n) is 1.57. The summed E-state index contributed by atoms with van der Waals surface area (Å²) in [4.78, 5) is 21.2. The van der Waals surface area contributed by atoms with Crippen molar-refractivity contribution in [3.8, 4) is 0 Å². The van der Waals surface area contributed by atoms with Crippen molar-refractivity contribution in [3.63, 3.8) is 0 Å². The van der Waals surface area contributed by atoms with Crippen LogP contribution in [0.25, 0.3) is 0 Å². The van der Waals surface area contributed by atoms with Crippen LogP contribution in [0.15, 0.2) is 36.5 Å². The van der Waals surface area contributed by atoms with Gasteiger partial charge < -0.3 is 5.11 Å². The Morgan fingerprint density at radius 2 is 1.80 bits per heavy atom. The molecule has 0 radical (unpaired) electrons. The van der Waals surface area contributed by atoms with E-state index in [1.165, 1.54) is 18.2 Å². The fraction of sp³-hybridized carbons (Fsp3) is 0.333. The van der Waals surface area contributed by atoms with Gasteiger partial charge in [0.15, 0.2) is 5.78 Å². The van der Waals surface area contributed by atoms with Gasteiger partial charge in [0, 0.05) is 12.5 Å². The number of hydrogen-bond acceptors (Lipinski definition) is 2. The summed E-state index contributed by atoms with van der Waals surface area (Å²) in [7, 11) is 0. The Hall–Kier alpha value is -1.64. The number of carbonyl (C=O) groups excluding carboxylic acids is 1. The number of rotatable bonds is 7. The Labute approximate surface area is 89.8 Å². The van der Waals surface area contributed by atoms with Gasteiger partial charge in [0.25, 0.3) is 0 Å². The summed E-state index contributed by atoms with van der Waals surface area (Å²) in [6, 6.07) is 0. The van der Waals surface area contributed by atoms with Crippen LogP contribution in [0.2, 0.25) is 0 Å². The maximum atomic E-state index is 11.1. The quantitative estimate of drug-likeness (QED) is 0.397. The number of ketones is 1. The first-order chi connectivity index (χ1) is 7.16. The monoisotopic (exact) mass is 208 g/mol. The Bertz CT molecular complexity index is 285. The molecule has 0 aliphatic carbocycles. The second-order valence-electron chi connectivity index (χ2n) is 2.99. The number of hydrogen-bond donors (Lipinski definition) is 1. The molecule has 0 fully saturated rings. The second-order valence-corrected chi connectivity index (χ2v) is 2.99. The summed E-state index contributed by atoms with van der Waals surface area (Å²) < 4.78 is 0. The average molecular weight is 208 g/mol. The minimum atomic E-state index is -1.02. The lowest BCUT2D eigenvalue weighted by molar-refractivity contribution is -0.131. The first kappa shape index (κ1) is 13.4. The summed E-state index contributed by atoms with van der Waals surface area (Å²) in [5, 5.41) is 8.26. The van der Waals surface area contributed by atoms with Gasteiger partial charge in [-0.3, -0.25) is 4.79 Å². The van der Waals surface area contributed by atoms with Crippen LogP contribution in [0, 0.1) is 0 Å². The topological polar surface area (TPSA) is 54.4 Å². The molecule has 15 heavy (non-hydrogen) atoms. The molecule has 82 valence electrons. The van der Waals surface area contributed by atoms with Crippen molar-refractivity contribution in [2.24, 2.45) is 0 Å². The number of allylic oxidation sites excluding steroid dienone is 5. The highest BCUT2D eigenvalue weighted by atomic mass is 16.4. The minimum Gasteiger partial charge on any atom is -0.478 e. The summed E-state index contributed by atoms with van der Waals surface area (Å²) >= 11 is 0. The number of unbranched alkanes of at least 4 members (excludes halogenated alkanes) is 1. The molecule has 0 aliphatic heterocycles. The number of carbonyl (C=O) groups is 2. The maximum absolute atomic E-state index is 11.1. The predicted octanol–water partition coefficient (Wildman–Crippen LogP) is 2.50. The Balaban J connectivity index is 3.78. The van der Waals surface area contributed by atoms with E-state index in [0.717, 1.165) is 18.9 Å². The van der Waals surface area contributed by atoms with Crippen molar-refractivity contribution in [1.29, 1.82) is 0 Å². The zero-order valence-electron chi connectivity index (χ0n) is 8.85. The largest absolute Gasteiger partial charge is 0.478 e. The van der Waals surface area contributed by atoms with Gasteiger partial charge in [-0.05, 0) is 12.5 Å². The molecule has 0 saturated carbocycles. The molecule has 0 atom stereocenters. The lowest BCUT2D eigenvalue weighted by atomic mass is 10.2. The first-order valence-corrected chi connectivity index (χ1v) is 4.92. The smallest absolute Gasteiger partial charge is 0.328 e. The van der Waals surface area contributed by atoms with E-state index >= 15 is 0 Å². The van der Waals surface area contributed by atoms with Crippen LogP contribution in [-0.4, -0.2) is 16.9 Å². The predicted molar refractivity (Wildman–Crippen MR) is 59.6 cm³/mol. The summed E-state index contributed by atoms with van der Waals surface area (Å²) in [5.41, 5.74) is 0. The van der Waals surface area contributed by atoms with E-state index in [9.17, 15) is 9.59 Å². The van der Waals surface area contributed by atoms with Gasteiger partial charge in [0.05, 0.1) is 0 Å². The second kappa shape index (κ2) is 8.94. The van der Waals surface area contributed by atoms with E-state index in [-0.39, 0.29) is 5.78 Å². The van der Waals surface area contributed by atoms with Crippen LogP contribution < -0.4 is 0 Å². The normalized spacial score (nSPS) is 11.8. The summed E-state index contributed by atoms with van der Waals surface area (Å²) in [6.07, 6.45) is 11.3. The maximum Gasteiger partial charge on any atom is 0.328 e. The van der Waals surface area contributed by atoms with E-state index in [4.69, 9.17) is 5.11 Å². The van der Waals surface area contributed by atoms with Crippen LogP contribution >= 0.6 is 0 Å². The van der Waals surface area contributed by atoms with Crippen molar-refractivity contribution in [2.45, 2.75) is 26.2 Å². The van der Waals surface area contributed by atoms with Crippen LogP contribution in [0.4, 0.5) is 0 Å². The molecular weight excluding hydrogens is 192 g/mol. The molecule has 3 nitrogen and oxygen atoms in total. The molecule has 0 unspecified atom stereocenters. The van der Waals surface area contributed by atoms with E-state index in [0.29, 0.717) is 6.42 Å². The fourth-order valence-corrected chi connectivity index (χ4v) is 0.853. The van der Waals surface area contributed by atoms with Crippen molar-refractivity contribution >= 4 is 11.8 Å². The Morgan fingerprint density at radius 1 is 1.13 bits per heavy atom. The van der Waals surface area contributed by atoms with Gasteiger partial charge in [0.2, 0.25) is 0 Å². The zero-order chi connectivity index (χ0) is 11.5. The number of aliphatic carboxylic acids is 1. The molecule has 1 N–H and O–H groups in total. The highest BCUT2D eigenvalue weighted by Gasteiger charge is 1.90. The van der Waals surface area contributed by atoms with Gasteiger partial charge >= 0.3 is 5.97 Å². The molecule has 0 aromatic rings. The molecule has 0 bridgehead atoms. The number of carboxylic acids is 1. The summed E-state index contributed by atoms with van der Waals surface area (Å²) in [6.45, 7) is 2.07. The average Bonchev–Trinajstić information content (AvgIpc) is 2.19. The third kappa shape index (κ3) is 10.3. The van der Waals surface area contributed by atoms with Crippen LogP contribution in [0.5, 0.6) is 0 Å². The first-order valence-electron chi connectivity index (χ1n) is 4.92. The Kier molecular flexibility index (Phi) is 7.96. The van der Waals surface area contributed by atoms with Crippen molar-refractivity contribution in [3.05, 3.63) is 36.5 Å². The summed E-state index contributed by atoms with van der Waals surface area (Å²) in [5.74, 6) is -1.05. The van der Waals surface area contributed by atoms with Gasteiger partial charge in [0.1, 0.15) is 0 Å². The molecular formula is C12H16O3. The highest BCUT2D eigenvalue weighted by Crippen LogP contribution is 1.93. The SMILES string of the molecule is CCC/C=C/CC(=O)/C=C/C=C/C(=O)O. The molecule has 0 saturated heterocycles. The van der Waals surface area contributed by atoms with E-state index in [2.05, 4.69) is 6.92 Å². The lowest BCUT2D eigenvalue weighted by Crippen LogP contribution is -1.88. The van der Waals surface area contributed by atoms with Gasteiger partial charge in [-0.2, -0.15) is 0 Å². The van der Waals surface area contributed by atoms with Crippen molar-refractivity contribution in [2.75, 3.05) is 0 Å². The van der Waals surface area contributed by atoms with Gasteiger partial charge in [-0.1, -0.05) is 37.6 Å². The zero-order valence-corrected chi connectivity index (χ0v) is 8.85. The van der Waals surface area contributed by atoms with Crippen LogP contribution in [0.3, 0.4) is 0 Å². The van der Waals surface area contributed by atoms with E-state index < -0.39 is 5.97 Å². The van der Waals surface area contributed by atoms with Crippen LogP contribution in [-0.2, 0) is 9.59 Å². The fourth-order valence-electron chi connectivity index (χ4n) is 0.853. The number of carboxylic acid groups (broad SMARTS) is 1. The van der Waals surface area contributed by atoms with E-state index in [1.807, 2.05) is 12.2 Å². The van der Waals surface area contributed by atoms with Crippen molar-refractivity contribution in [1.82, 2.24) is 0 Å². The Morgan fingerprint density at radius 3 is 2.40 bits per heavy atom. The standard InChI is InChI=1S/C12H16O3/c1-2-3-4-5-8-11(13)9-6-7-10-12(14)15/h4-7,9-10H,2-3,8H2,1H3,(H,14,15)/b5-4+,9-6+,10-7+. The van der Waals surface area contributed by atoms with Gasteiger partial charge in [-0.15, -0.1) is 0 Å². The molecule has 0 amide bonds. The third-order valence-corrected chi connectivity index (χ3v) is 1.57. The molecule has 0 aromatic heterocycles. The van der Waals surface area contributed by atoms with Crippen molar-refractivity contribution < 1.29 is 14.7 Å². The molecule has 0 heterocycles. The molecule has 3 heteroatoms. The highest BCUT2D eigenvalue weighted by molar-refractivity contribution is 5.91. The molecule has 0 aromatic carbocycles. The minimum absolute atomic E-state index is 0.0302.